The van der Waals surface area contributed by atoms with Gasteiger partial charge in [0.1, 0.15) is 11.6 Å². The molecule has 184 valence electrons. The van der Waals surface area contributed by atoms with Crippen molar-refractivity contribution in [3.05, 3.63) is 64.8 Å². The minimum atomic E-state index is 0.196. The highest BCUT2D eigenvalue weighted by Gasteiger charge is 2.31. The lowest BCUT2D eigenvalue weighted by Crippen LogP contribution is -2.45. The quantitative estimate of drug-likeness (QED) is 0.552. The third-order valence-electron chi connectivity index (χ3n) is 7.43. The summed E-state index contributed by atoms with van der Waals surface area (Å²) < 4.78 is 8.38. The minimum Gasteiger partial charge on any atom is -0.374 e. The maximum atomic E-state index is 6.45. The molecule has 6 rings (SSSR count). The van der Waals surface area contributed by atoms with E-state index in [0.29, 0.717) is 5.92 Å². The Morgan fingerprint density at radius 3 is 2.74 bits per heavy atom. The van der Waals surface area contributed by atoms with Crippen LogP contribution in [0.3, 0.4) is 0 Å². The summed E-state index contributed by atoms with van der Waals surface area (Å²) in [6, 6.07) is 12.3. The molecule has 5 heterocycles. The molecule has 0 amide bonds. The standard InChI is InChI=1S/C26H32ClN7O/c1-31-12-13-35-22(16-31)17-32-15-20-14-21(27)5-6-23(20)34-25(18-32)29-30-26(34)19-7-10-33(11-8-19)24-4-2-3-9-28-24/h2-6,9,14,19,22H,7-8,10-13,15-18H2,1H3. The first-order valence-electron chi connectivity index (χ1n) is 12.6. The van der Waals surface area contributed by atoms with Crippen LogP contribution in [-0.4, -0.2) is 82.0 Å². The number of fused-ring (bicyclic) bond motifs is 3. The van der Waals surface area contributed by atoms with Crippen molar-refractivity contribution in [2.24, 2.45) is 0 Å². The molecule has 0 radical (unpaired) electrons. The number of benzene rings is 1. The molecule has 9 heteroatoms. The Labute approximate surface area is 211 Å². The number of likely N-dealkylation sites (N-methyl/N-ethyl adjacent to an activating group) is 1. The van der Waals surface area contributed by atoms with Crippen molar-refractivity contribution in [1.29, 1.82) is 0 Å². The van der Waals surface area contributed by atoms with Gasteiger partial charge in [-0.25, -0.2) is 4.98 Å². The maximum Gasteiger partial charge on any atom is 0.151 e. The van der Waals surface area contributed by atoms with Crippen LogP contribution in [0.4, 0.5) is 5.82 Å². The van der Waals surface area contributed by atoms with Crippen molar-refractivity contribution >= 4 is 17.4 Å². The van der Waals surface area contributed by atoms with Crippen LogP contribution >= 0.6 is 11.6 Å². The van der Waals surface area contributed by atoms with Gasteiger partial charge in [-0.05, 0) is 55.8 Å². The average molecular weight is 494 g/mol. The molecule has 2 fully saturated rings. The Morgan fingerprint density at radius 2 is 1.94 bits per heavy atom. The van der Waals surface area contributed by atoms with Gasteiger partial charge in [0.15, 0.2) is 5.82 Å². The molecule has 0 aliphatic carbocycles. The van der Waals surface area contributed by atoms with Crippen molar-refractivity contribution in [1.82, 2.24) is 29.5 Å². The number of piperidine rings is 1. The first-order valence-corrected chi connectivity index (χ1v) is 12.9. The second-order valence-corrected chi connectivity index (χ2v) is 10.4. The topological polar surface area (TPSA) is 62.6 Å². The van der Waals surface area contributed by atoms with Gasteiger partial charge < -0.3 is 14.5 Å². The van der Waals surface area contributed by atoms with E-state index in [-0.39, 0.29) is 6.10 Å². The molecular formula is C26H32ClN7O. The number of rotatable bonds is 4. The number of aromatic nitrogens is 4. The molecule has 0 bridgehead atoms. The summed E-state index contributed by atoms with van der Waals surface area (Å²) >= 11 is 6.45. The van der Waals surface area contributed by atoms with Gasteiger partial charge in [-0.15, -0.1) is 10.2 Å². The number of halogens is 1. The number of hydrogen-bond acceptors (Lipinski definition) is 7. The van der Waals surface area contributed by atoms with Gasteiger partial charge in [0, 0.05) is 56.4 Å². The molecule has 2 aromatic heterocycles. The van der Waals surface area contributed by atoms with E-state index in [9.17, 15) is 0 Å². The second-order valence-electron chi connectivity index (χ2n) is 9.96. The van der Waals surface area contributed by atoms with Crippen molar-refractivity contribution in [3.63, 3.8) is 0 Å². The molecular weight excluding hydrogens is 462 g/mol. The zero-order chi connectivity index (χ0) is 23.8. The SMILES string of the molecule is CN1CCOC(CN2Cc3cc(Cl)ccc3-n3c(nnc3C3CCN(c4ccccn4)CC3)C2)C1. The molecule has 0 saturated carbocycles. The summed E-state index contributed by atoms with van der Waals surface area (Å²) in [5.74, 6) is 3.48. The Kier molecular flexibility index (Phi) is 6.45. The summed E-state index contributed by atoms with van der Waals surface area (Å²) in [4.78, 5) is 11.7. The normalized spacial score (nSPS) is 22.0. The van der Waals surface area contributed by atoms with Gasteiger partial charge in [-0.3, -0.25) is 9.47 Å². The molecule has 1 unspecified atom stereocenters. The molecule has 0 N–H and O–H groups in total. The van der Waals surface area contributed by atoms with Crippen LogP contribution in [0.25, 0.3) is 5.69 Å². The van der Waals surface area contributed by atoms with E-state index in [4.69, 9.17) is 26.5 Å². The monoisotopic (exact) mass is 493 g/mol. The Bertz CT molecular complexity index is 1160. The Morgan fingerprint density at radius 1 is 1.06 bits per heavy atom. The summed E-state index contributed by atoms with van der Waals surface area (Å²) in [6.07, 6.45) is 4.12. The highest BCUT2D eigenvalue weighted by Crippen LogP contribution is 2.34. The van der Waals surface area contributed by atoms with Gasteiger partial charge >= 0.3 is 0 Å². The number of hydrogen-bond donors (Lipinski definition) is 0. The Balaban J connectivity index is 1.26. The molecule has 0 spiro atoms. The smallest absolute Gasteiger partial charge is 0.151 e. The number of pyridine rings is 1. The molecule has 35 heavy (non-hydrogen) atoms. The fourth-order valence-electron chi connectivity index (χ4n) is 5.66. The van der Waals surface area contributed by atoms with E-state index in [1.165, 1.54) is 5.56 Å². The van der Waals surface area contributed by atoms with Crippen LogP contribution in [0, 0.1) is 0 Å². The number of nitrogens with zero attached hydrogens (tertiary/aromatic N) is 7. The number of morpholine rings is 1. The predicted molar refractivity (Wildman–Crippen MR) is 136 cm³/mol. The van der Waals surface area contributed by atoms with Crippen molar-refractivity contribution < 1.29 is 4.74 Å². The van der Waals surface area contributed by atoms with Gasteiger partial charge in [0.05, 0.1) is 24.9 Å². The lowest BCUT2D eigenvalue weighted by Gasteiger charge is -2.33. The zero-order valence-corrected chi connectivity index (χ0v) is 20.9. The van der Waals surface area contributed by atoms with E-state index < -0.39 is 0 Å². The van der Waals surface area contributed by atoms with Crippen molar-refractivity contribution in [2.75, 3.05) is 51.3 Å². The molecule has 2 saturated heterocycles. The number of anilines is 1. The van der Waals surface area contributed by atoms with Crippen LogP contribution in [0.1, 0.15) is 36.0 Å². The van der Waals surface area contributed by atoms with Gasteiger partial charge in [0.25, 0.3) is 0 Å². The van der Waals surface area contributed by atoms with Crippen LogP contribution in [-0.2, 0) is 17.8 Å². The molecule has 1 aromatic carbocycles. The second kappa shape index (κ2) is 9.85. The fourth-order valence-corrected chi connectivity index (χ4v) is 5.85. The number of ether oxygens (including phenoxy) is 1. The summed E-state index contributed by atoms with van der Waals surface area (Å²) in [5.41, 5.74) is 2.37. The molecule has 1 atom stereocenters. The molecule has 8 nitrogen and oxygen atoms in total. The van der Waals surface area contributed by atoms with Crippen LogP contribution in [0.15, 0.2) is 42.6 Å². The largest absolute Gasteiger partial charge is 0.374 e. The predicted octanol–water partition coefficient (Wildman–Crippen LogP) is 3.35. The van der Waals surface area contributed by atoms with E-state index in [1.54, 1.807) is 0 Å². The lowest BCUT2D eigenvalue weighted by atomic mass is 9.95. The van der Waals surface area contributed by atoms with E-state index >= 15 is 0 Å². The highest BCUT2D eigenvalue weighted by molar-refractivity contribution is 6.30. The summed E-state index contributed by atoms with van der Waals surface area (Å²) in [6.45, 7) is 7.09. The van der Waals surface area contributed by atoms with Gasteiger partial charge in [0.2, 0.25) is 0 Å². The molecule has 3 aliphatic heterocycles. The van der Waals surface area contributed by atoms with Crippen LogP contribution in [0.2, 0.25) is 5.02 Å². The summed E-state index contributed by atoms with van der Waals surface area (Å²) in [5, 5.41) is 10.2. The molecule has 3 aromatic rings. The van der Waals surface area contributed by atoms with Crippen molar-refractivity contribution in [3.8, 4) is 5.69 Å². The first-order chi connectivity index (χ1) is 17.1. The Hall–Kier alpha value is -2.52. The van der Waals surface area contributed by atoms with Crippen LogP contribution < -0.4 is 4.90 Å². The van der Waals surface area contributed by atoms with Gasteiger partial charge in [-0.2, -0.15) is 0 Å². The van der Waals surface area contributed by atoms with Gasteiger partial charge in [-0.1, -0.05) is 17.7 Å². The molecule has 3 aliphatic rings. The zero-order valence-electron chi connectivity index (χ0n) is 20.2. The third kappa shape index (κ3) is 4.80. The average Bonchev–Trinajstić information content (AvgIpc) is 3.21. The van der Waals surface area contributed by atoms with E-state index in [1.807, 2.05) is 18.3 Å². The summed E-state index contributed by atoms with van der Waals surface area (Å²) in [7, 11) is 2.16. The third-order valence-corrected chi connectivity index (χ3v) is 7.67. The van der Waals surface area contributed by atoms with E-state index in [2.05, 4.69) is 55.6 Å². The minimum absolute atomic E-state index is 0.196. The lowest BCUT2D eigenvalue weighted by molar-refractivity contribution is -0.0380. The van der Waals surface area contributed by atoms with Crippen molar-refractivity contribution in [2.45, 2.75) is 38.0 Å². The first kappa shape index (κ1) is 22.9. The maximum absolute atomic E-state index is 6.45. The van der Waals surface area contributed by atoms with E-state index in [0.717, 1.165) is 93.4 Å². The highest BCUT2D eigenvalue weighted by atomic mass is 35.5. The fraction of sp³-hybridized carbons (Fsp3) is 0.500. The van der Waals surface area contributed by atoms with Crippen LogP contribution in [0.5, 0.6) is 0 Å².